The Morgan fingerprint density at radius 2 is 0.750 bits per heavy atom. The maximum absolute atomic E-state index is 9.98. The molecule has 16 heavy (non-hydrogen) atoms. The Morgan fingerprint density at radius 1 is 0.625 bits per heavy atom. The van der Waals surface area contributed by atoms with Crippen molar-refractivity contribution >= 4 is 23.1 Å². The zero-order chi connectivity index (χ0) is 13.7. The van der Waals surface area contributed by atoms with Crippen LogP contribution in [0.2, 0.25) is 0 Å². The zero-order valence-corrected chi connectivity index (χ0v) is 11.0. The molecule has 0 radical (unpaired) electrons. The topological polar surface area (TPSA) is 85.3 Å². The van der Waals surface area contributed by atoms with E-state index in [1.54, 1.807) is 0 Å². The normalized spacial score (nSPS) is 7.12. The molecule has 0 bridgehead atoms. The third-order valence-electron chi connectivity index (χ3n) is 0.813. The molecule has 0 saturated carbocycles. The van der Waals surface area contributed by atoms with Gasteiger partial charge in [0.2, 0.25) is 0 Å². The summed E-state index contributed by atoms with van der Waals surface area (Å²) < 4.78 is 8.19. The average Bonchev–Trinajstić information content (AvgIpc) is 2.03. The van der Waals surface area contributed by atoms with E-state index in [4.69, 9.17) is 3.67 Å². The first kappa shape index (κ1) is 20.2. The number of carbonyl (C=O) groups is 4. The van der Waals surface area contributed by atoms with Crippen molar-refractivity contribution in [3.8, 4) is 0 Å². The Bertz CT molecular complexity index is 210. The average molecular weight is 265 g/mol. The molecule has 0 aromatic heterocycles. The number of hydrogen-bond donors (Lipinski definition) is 0. The first-order chi connectivity index (χ1) is 7.25. The summed E-state index contributed by atoms with van der Waals surface area (Å²) in [6.07, 6.45) is 2.11. The van der Waals surface area contributed by atoms with Crippen molar-refractivity contribution in [2.75, 3.05) is 0 Å². The van der Waals surface area contributed by atoms with Crippen molar-refractivity contribution in [3.05, 3.63) is 12.8 Å². The van der Waals surface area contributed by atoms with Gasteiger partial charge in [-0.05, 0) is 27.7 Å². The zero-order valence-electron chi connectivity index (χ0n) is 9.64. The SMILES string of the molecule is CC(=O)[CH-]C(C)=O.CC(=O)[CH-]C(C)=O.[O]=[V+2]. The van der Waals surface area contributed by atoms with Crippen molar-refractivity contribution in [2.24, 2.45) is 0 Å². The standard InChI is InChI=1S/2C5H7O2.O.V/c2*1-4(6)3-5(2)7;;/h2*3H,1-2H3;;/q2*-1;;+2. The summed E-state index contributed by atoms with van der Waals surface area (Å²) >= 11 is 1.06. The van der Waals surface area contributed by atoms with Crippen LogP contribution in [0.15, 0.2) is 0 Å². The van der Waals surface area contributed by atoms with Gasteiger partial charge in [0, 0.05) is 23.1 Å². The van der Waals surface area contributed by atoms with E-state index in [1.807, 2.05) is 0 Å². The Morgan fingerprint density at radius 3 is 0.750 bits per heavy atom. The Kier molecular flexibility index (Phi) is 17.5. The van der Waals surface area contributed by atoms with Gasteiger partial charge in [-0.1, -0.05) is 0 Å². The molecule has 0 amide bonds. The fourth-order valence-electron chi connectivity index (χ4n) is 0.572. The summed E-state index contributed by atoms with van der Waals surface area (Å²) in [6, 6.07) is 0. The van der Waals surface area contributed by atoms with E-state index in [2.05, 4.69) is 0 Å². The fourth-order valence-corrected chi connectivity index (χ4v) is 0.572. The molecule has 89 valence electrons. The molecule has 6 heteroatoms. The van der Waals surface area contributed by atoms with Crippen molar-refractivity contribution in [3.63, 3.8) is 0 Å². The number of rotatable bonds is 4. The van der Waals surface area contributed by atoms with E-state index in [0.717, 1.165) is 30.2 Å². The molecule has 0 rings (SSSR count). The molecule has 0 fully saturated rings. The van der Waals surface area contributed by atoms with E-state index in [0.29, 0.717) is 0 Å². The summed E-state index contributed by atoms with van der Waals surface area (Å²) in [5, 5.41) is 0. The third-order valence-corrected chi connectivity index (χ3v) is 0.813. The van der Waals surface area contributed by atoms with Crippen molar-refractivity contribution in [2.45, 2.75) is 27.7 Å². The van der Waals surface area contributed by atoms with E-state index in [-0.39, 0.29) is 23.1 Å². The second-order valence-corrected chi connectivity index (χ2v) is 2.73. The van der Waals surface area contributed by atoms with Crippen LogP contribution in [0, 0.1) is 12.8 Å². The van der Waals surface area contributed by atoms with Crippen molar-refractivity contribution in [1.82, 2.24) is 0 Å². The minimum atomic E-state index is -0.187. The van der Waals surface area contributed by atoms with Crippen LogP contribution in [0.25, 0.3) is 0 Å². The number of hydrogen-bond acceptors (Lipinski definition) is 5. The van der Waals surface area contributed by atoms with Crippen LogP contribution in [-0.4, -0.2) is 23.1 Å². The predicted octanol–water partition coefficient (Wildman–Crippen LogP) is 0.616. The van der Waals surface area contributed by atoms with Gasteiger partial charge in [0.25, 0.3) is 0 Å². The fraction of sp³-hybridized carbons (Fsp3) is 0.400. The second-order valence-electron chi connectivity index (χ2n) is 2.73. The van der Waals surface area contributed by atoms with Gasteiger partial charge in [0.05, 0.1) is 0 Å². The van der Waals surface area contributed by atoms with Gasteiger partial charge in [-0.25, -0.2) is 0 Å². The molecule has 0 N–H and O–H groups in total. The molecule has 0 aliphatic carbocycles. The van der Waals surface area contributed by atoms with Crippen LogP contribution in [0.1, 0.15) is 27.7 Å². The molecule has 0 heterocycles. The van der Waals surface area contributed by atoms with Gasteiger partial charge >= 0.3 is 21.0 Å². The first-order valence-corrected chi connectivity index (χ1v) is 4.72. The molecule has 0 aromatic carbocycles. The molecule has 0 spiro atoms. The maximum atomic E-state index is 9.98. The Hall–Kier alpha value is -1.20. The van der Waals surface area contributed by atoms with Gasteiger partial charge < -0.3 is 19.2 Å². The van der Waals surface area contributed by atoms with Crippen LogP contribution in [0.5, 0.6) is 0 Å². The van der Waals surface area contributed by atoms with E-state index in [9.17, 15) is 19.2 Å². The van der Waals surface area contributed by atoms with Gasteiger partial charge in [-0.2, -0.15) is 0 Å². The van der Waals surface area contributed by atoms with Crippen LogP contribution in [0.4, 0.5) is 0 Å². The van der Waals surface area contributed by atoms with Crippen molar-refractivity contribution in [1.29, 1.82) is 0 Å². The monoisotopic (exact) mass is 265 g/mol. The Labute approximate surface area is 104 Å². The number of Topliss-reactive ketones (excluding diaryl/α,β-unsaturated/α-hetero) is 4. The van der Waals surface area contributed by atoms with Gasteiger partial charge in [-0.15, -0.1) is 0 Å². The quantitative estimate of drug-likeness (QED) is 0.549. The molecular weight excluding hydrogens is 251 g/mol. The van der Waals surface area contributed by atoms with E-state index < -0.39 is 0 Å². The molecule has 0 atom stereocenters. The summed E-state index contributed by atoms with van der Waals surface area (Å²) in [5.74, 6) is -0.750. The van der Waals surface area contributed by atoms with Gasteiger partial charge in [0.15, 0.2) is 0 Å². The summed E-state index contributed by atoms with van der Waals surface area (Å²) in [6.45, 7) is 5.39. The van der Waals surface area contributed by atoms with E-state index >= 15 is 0 Å². The molecular formula is C10H14O5V. The van der Waals surface area contributed by atoms with Crippen molar-refractivity contribution < 1.29 is 40.2 Å². The predicted molar refractivity (Wildman–Crippen MR) is 52.0 cm³/mol. The van der Waals surface area contributed by atoms with E-state index in [1.165, 1.54) is 27.7 Å². The van der Waals surface area contributed by atoms with Crippen LogP contribution >= 0.6 is 0 Å². The summed E-state index contributed by atoms with van der Waals surface area (Å²) in [4.78, 5) is 39.9. The summed E-state index contributed by atoms with van der Waals surface area (Å²) in [7, 11) is 0. The van der Waals surface area contributed by atoms with Gasteiger partial charge in [-0.3, -0.25) is 12.8 Å². The minimum absolute atomic E-state index is 0.187. The van der Waals surface area contributed by atoms with Gasteiger partial charge in [0.1, 0.15) is 0 Å². The third kappa shape index (κ3) is 38.5. The summed E-state index contributed by atoms with van der Waals surface area (Å²) in [5.41, 5.74) is 0. The number of ketones is 4. The molecule has 0 aromatic rings. The second kappa shape index (κ2) is 13.8. The molecule has 0 saturated heterocycles. The molecule has 0 aliphatic rings. The van der Waals surface area contributed by atoms with Crippen LogP contribution in [-0.2, 0) is 40.2 Å². The first-order valence-electron chi connectivity index (χ1n) is 4.15. The number of carbonyl (C=O) groups excluding carboxylic acids is 4. The Balaban J connectivity index is -0.000000183. The van der Waals surface area contributed by atoms with Crippen LogP contribution in [0.3, 0.4) is 0 Å². The molecule has 5 nitrogen and oxygen atoms in total. The molecule has 0 aliphatic heterocycles. The molecule has 0 unspecified atom stereocenters. The van der Waals surface area contributed by atoms with Crippen LogP contribution < -0.4 is 0 Å².